The third-order valence-electron chi connectivity index (χ3n) is 3.15. The first-order valence-electron chi connectivity index (χ1n) is 7.38. The molecule has 2 aromatic rings. The lowest BCUT2D eigenvalue weighted by Gasteiger charge is -2.12. The third-order valence-corrected chi connectivity index (χ3v) is 3.15. The summed E-state index contributed by atoms with van der Waals surface area (Å²) in [5.74, 6) is 0.880. The van der Waals surface area contributed by atoms with Crippen molar-refractivity contribution in [2.24, 2.45) is 0 Å². The third kappa shape index (κ3) is 4.19. The lowest BCUT2D eigenvalue weighted by Crippen LogP contribution is -2.21. The van der Waals surface area contributed by atoms with Gasteiger partial charge in [-0.05, 0) is 19.9 Å². The highest BCUT2D eigenvalue weighted by Gasteiger charge is 2.11. The highest BCUT2D eigenvalue weighted by Crippen LogP contribution is 2.23. The maximum atomic E-state index is 7.58. The fraction of sp³-hybridized carbons (Fsp3) is 0.400. The molecule has 124 valence electrons. The first-order chi connectivity index (χ1) is 11.2. The van der Waals surface area contributed by atoms with Crippen LogP contribution in [0.2, 0.25) is 0 Å². The van der Waals surface area contributed by atoms with E-state index in [4.69, 9.17) is 14.9 Å². The molecule has 2 rings (SSSR count). The Balaban J connectivity index is 2.24. The van der Waals surface area contributed by atoms with Crippen molar-refractivity contribution in [3.63, 3.8) is 0 Å². The average Bonchev–Trinajstić information content (AvgIpc) is 3.01. The van der Waals surface area contributed by atoms with Crippen molar-refractivity contribution in [2.45, 2.75) is 13.8 Å². The van der Waals surface area contributed by atoms with E-state index in [2.05, 4.69) is 25.6 Å². The maximum absolute atomic E-state index is 7.58. The number of allylic oxidation sites excluding steroid dienone is 2. The first kappa shape index (κ1) is 16.8. The van der Waals surface area contributed by atoms with E-state index in [0.29, 0.717) is 42.9 Å². The van der Waals surface area contributed by atoms with E-state index in [9.17, 15) is 0 Å². The molecule has 2 aromatic heterocycles. The van der Waals surface area contributed by atoms with E-state index in [-0.39, 0.29) is 0 Å². The van der Waals surface area contributed by atoms with Crippen molar-refractivity contribution in [3.8, 4) is 5.88 Å². The van der Waals surface area contributed by atoms with Gasteiger partial charge in [0, 0.05) is 31.8 Å². The second-order valence-electron chi connectivity index (χ2n) is 4.75. The van der Waals surface area contributed by atoms with Gasteiger partial charge in [-0.25, -0.2) is 0 Å². The number of H-pyrrole nitrogens is 1. The zero-order valence-electron chi connectivity index (χ0n) is 13.6. The summed E-state index contributed by atoms with van der Waals surface area (Å²) < 4.78 is 10.6. The Hall–Kier alpha value is -2.61. The number of fused-ring (bicyclic) bond motifs is 1. The molecule has 23 heavy (non-hydrogen) atoms. The Morgan fingerprint density at radius 3 is 2.96 bits per heavy atom. The monoisotopic (exact) mass is 318 g/mol. The van der Waals surface area contributed by atoms with E-state index in [1.165, 1.54) is 6.21 Å². The minimum Gasteiger partial charge on any atom is -0.477 e. The summed E-state index contributed by atoms with van der Waals surface area (Å²) in [6.07, 6.45) is 3.01. The van der Waals surface area contributed by atoms with Gasteiger partial charge >= 0.3 is 0 Å². The van der Waals surface area contributed by atoms with Gasteiger partial charge in [-0.15, -0.1) is 0 Å². The van der Waals surface area contributed by atoms with Gasteiger partial charge in [0.2, 0.25) is 11.8 Å². The molecule has 0 saturated carbocycles. The zero-order chi connectivity index (χ0) is 16.7. The van der Waals surface area contributed by atoms with E-state index < -0.39 is 0 Å². The zero-order valence-corrected chi connectivity index (χ0v) is 13.6. The fourth-order valence-corrected chi connectivity index (χ4v) is 2.01. The van der Waals surface area contributed by atoms with Crippen LogP contribution >= 0.6 is 0 Å². The van der Waals surface area contributed by atoms with E-state index in [1.807, 2.05) is 19.9 Å². The Morgan fingerprint density at radius 2 is 2.26 bits per heavy atom. The summed E-state index contributed by atoms with van der Waals surface area (Å²) in [4.78, 5) is 11.8. The van der Waals surface area contributed by atoms with E-state index in [0.717, 1.165) is 11.1 Å². The van der Waals surface area contributed by atoms with Crippen molar-refractivity contribution in [2.75, 3.05) is 32.2 Å². The van der Waals surface area contributed by atoms with Crippen LogP contribution in [0.1, 0.15) is 13.8 Å². The molecular formula is C15H22N6O2. The van der Waals surface area contributed by atoms with Crippen LogP contribution in [0.15, 0.2) is 23.7 Å². The molecule has 0 aromatic carbocycles. The number of aromatic nitrogens is 3. The average molecular weight is 318 g/mol. The molecule has 0 amide bonds. The highest BCUT2D eigenvalue weighted by atomic mass is 16.5. The number of hydrogen-bond acceptors (Lipinski definition) is 7. The number of rotatable bonds is 9. The van der Waals surface area contributed by atoms with Gasteiger partial charge in [-0.1, -0.05) is 0 Å². The predicted octanol–water partition coefficient (Wildman–Crippen LogP) is 1.89. The minimum absolute atomic E-state index is 0.370. The molecule has 4 N–H and O–H groups in total. The van der Waals surface area contributed by atoms with Crippen LogP contribution in [-0.4, -0.2) is 48.0 Å². The van der Waals surface area contributed by atoms with Crippen LogP contribution in [0.5, 0.6) is 5.88 Å². The Kier molecular flexibility index (Phi) is 5.93. The van der Waals surface area contributed by atoms with Crippen LogP contribution < -0.4 is 15.4 Å². The van der Waals surface area contributed by atoms with Gasteiger partial charge in [0.15, 0.2) is 0 Å². The van der Waals surface area contributed by atoms with Crippen LogP contribution in [-0.2, 0) is 4.74 Å². The quantitative estimate of drug-likeness (QED) is 0.415. The Morgan fingerprint density at radius 1 is 1.43 bits per heavy atom. The van der Waals surface area contributed by atoms with E-state index in [1.54, 1.807) is 13.3 Å². The molecular weight excluding hydrogens is 296 g/mol. The van der Waals surface area contributed by atoms with Gasteiger partial charge in [0.25, 0.3) is 0 Å². The topological polar surface area (TPSA) is 108 Å². The highest BCUT2D eigenvalue weighted by molar-refractivity contribution is 5.84. The molecule has 8 heteroatoms. The molecule has 0 spiro atoms. The van der Waals surface area contributed by atoms with Gasteiger partial charge in [0.1, 0.15) is 5.65 Å². The summed E-state index contributed by atoms with van der Waals surface area (Å²) in [6, 6.07) is 1.87. The molecule has 0 aliphatic rings. The van der Waals surface area contributed by atoms with Gasteiger partial charge in [-0.3, -0.25) is 0 Å². The molecule has 0 radical (unpaired) electrons. The number of anilines is 1. The number of nitrogens with one attached hydrogen (secondary N) is 4. The number of ether oxygens (including phenoxy) is 2. The van der Waals surface area contributed by atoms with Crippen molar-refractivity contribution < 1.29 is 9.47 Å². The Bertz CT molecular complexity index is 694. The molecule has 2 heterocycles. The maximum Gasteiger partial charge on any atom is 0.232 e. The fourth-order valence-electron chi connectivity index (χ4n) is 2.01. The van der Waals surface area contributed by atoms with Gasteiger partial charge in [-0.2, -0.15) is 9.97 Å². The number of hydrogen-bond donors (Lipinski definition) is 4. The number of methoxy groups -OCH3 is 1. The largest absolute Gasteiger partial charge is 0.477 e. The van der Waals surface area contributed by atoms with E-state index >= 15 is 0 Å². The molecule has 0 saturated heterocycles. The number of aromatic amines is 1. The van der Waals surface area contributed by atoms with Gasteiger partial charge < -0.3 is 30.5 Å². The summed E-state index contributed by atoms with van der Waals surface area (Å²) in [6.45, 7) is 5.53. The molecule has 0 fully saturated rings. The number of nitrogens with zero attached hydrogens (tertiary/aromatic N) is 2. The van der Waals surface area contributed by atoms with Crippen molar-refractivity contribution in [1.29, 1.82) is 5.41 Å². The summed E-state index contributed by atoms with van der Waals surface area (Å²) in [7, 11) is 1.64. The van der Waals surface area contributed by atoms with Crippen LogP contribution in [0.25, 0.3) is 11.0 Å². The molecule has 8 nitrogen and oxygen atoms in total. The van der Waals surface area contributed by atoms with Crippen LogP contribution in [0.3, 0.4) is 0 Å². The summed E-state index contributed by atoms with van der Waals surface area (Å²) in [5.41, 5.74) is 2.07. The standard InChI is InChI=1S/C15H22N6O2/c1-4-23-14-11-5-6-18-13(11)20-15(21-14)19-12(9-16)10(2)17-7-8-22-3/h5-6,9,16-17H,4,7-8H2,1-3H3,(H2,18,19,20,21)/b12-10+,16-9?. The SMILES string of the molecule is CCOc1nc(N/C(C=N)=C(\C)NCCOC)nc2[nH]ccc12. The lowest BCUT2D eigenvalue weighted by atomic mass is 10.3. The first-order valence-corrected chi connectivity index (χ1v) is 7.38. The van der Waals surface area contributed by atoms with Crippen molar-refractivity contribution in [3.05, 3.63) is 23.7 Å². The summed E-state index contributed by atoms with van der Waals surface area (Å²) in [5, 5.41) is 14.6. The predicted molar refractivity (Wildman–Crippen MR) is 90.0 cm³/mol. The second kappa shape index (κ2) is 8.14. The molecule has 0 bridgehead atoms. The van der Waals surface area contributed by atoms with Crippen LogP contribution in [0, 0.1) is 5.41 Å². The van der Waals surface area contributed by atoms with Crippen molar-refractivity contribution >= 4 is 23.2 Å². The summed E-state index contributed by atoms with van der Waals surface area (Å²) >= 11 is 0. The van der Waals surface area contributed by atoms with Crippen molar-refractivity contribution in [1.82, 2.24) is 20.3 Å². The van der Waals surface area contributed by atoms with Gasteiger partial charge in [0.05, 0.1) is 24.3 Å². The normalized spacial score (nSPS) is 12.0. The van der Waals surface area contributed by atoms with Crippen LogP contribution in [0.4, 0.5) is 5.95 Å². The smallest absolute Gasteiger partial charge is 0.232 e. The molecule has 0 aliphatic carbocycles. The minimum atomic E-state index is 0.370. The molecule has 0 aliphatic heterocycles. The second-order valence-corrected chi connectivity index (χ2v) is 4.75. The molecule has 0 unspecified atom stereocenters. The Labute approximate surface area is 134 Å². The lowest BCUT2D eigenvalue weighted by molar-refractivity contribution is 0.202. The molecule has 0 atom stereocenters.